The molecule has 0 spiro atoms. The number of nitrogens with zero attached hydrogens (tertiary/aromatic N) is 2. The molecule has 1 aromatic heterocycles. The first-order chi connectivity index (χ1) is 10.00. The van der Waals surface area contributed by atoms with Gasteiger partial charge in [0.25, 0.3) is 0 Å². The maximum absolute atomic E-state index is 6.20. The van der Waals surface area contributed by atoms with Crippen molar-refractivity contribution in [2.75, 3.05) is 11.5 Å². The fourth-order valence-electron chi connectivity index (χ4n) is 3.13. The van der Waals surface area contributed by atoms with Gasteiger partial charge in [0, 0.05) is 6.42 Å². The number of ether oxygens (including phenoxy) is 1. The van der Waals surface area contributed by atoms with Crippen LogP contribution in [0.25, 0.3) is 0 Å². The molecule has 2 aliphatic rings. The molecule has 4 atom stereocenters. The summed E-state index contributed by atoms with van der Waals surface area (Å²) in [5, 5.41) is 0. The van der Waals surface area contributed by atoms with Crippen LogP contribution in [-0.4, -0.2) is 21.7 Å². The van der Waals surface area contributed by atoms with Crippen molar-refractivity contribution < 1.29 is 4.74 Å². The Bertz CT molecular complexity index is 645. The molecule has 1 fully saturated rings. The smallest absolute Gasteiger partial charge is 0.221 e. The number of anilines is 2. The minimum atomic E-state index is -0.256. The highest BCUT2D eigenvalue weighted by Gasteiger charge is 2.46. The Labute approximate surface area is 124 Å². The second kappa shape index (κ2) is 5.05. The average Bonchev–Trinajstić information content (AvgIpc) is 2.82. The van der Waals surface area contributed by atoms with E-state index in [1.807, 2.05) is 0 Å². The molecule has 5 heteroatoms. The summed E-state index contributed by atoms with van der Waals surface area (Å²) in [4.78, 5) is 7.82. The summed E-state index contributed by atoms with van der Waals surface area (Å²) >= 11 is 0. The molecular formula is C16H20N4O. The van der Waals surface area contributed by atoms with Gasteiger partial charge in [-0.25, -0.2) is 4.98 Å². The summed E-state index contributed by atoms with van der Waals surface area (Å²) < 4.78 is 6.20. The molecule has 4 N–H and O–H groups in total. The minimum Gasteiger partial charge on any atom is -0.382 e. The Morgan fingerprint density at radius 2 is 2.24 bits per heavy atom. The molecule has 0 radical (unpaired) electrons. The second-order valence-electron chi connectivity index (χ2n) is 6.02. The molecule has 3 rings (SSSR count). The third kappa shape index (κ3) is 2.47. The van der Waals surface area contributed by atoms with Gasteiger partial charge in [0.2, 0.25) is 5.95 Å². The fourth-order valence-corrected chi connectivity index (χ4v) is 3.13. The van der Waals surface area contributed by atoms with E-state index < -0.39 is 0 Å². The van der Waals surface area contributed by atoms with Gasteiger partial charge >= 0.3 is 0 Å². The molecule has 2 bridgehead atoms. The van der Waals surface area contributed by atoms with E-state index in [0.717, 1.165) is 6.42 Å². The van der Waals surface area contributed by atoms with Crippen molar-refractivity contribution in [3.63, 3.8) is 0 Å². The van der Waals surface area contributed by atoms with Crippen LogP contribution in [0.5, 0.6) is 0 Å². The zero-order valence-electron chi connectivity index (χ0n) is 12.3. The first-order valence-corrected chi connectivity index (χ1v) is 7.24. The summed E-state index contributed by atoms with van der Waals surface area (Å²) in [6, 6.07) is 0. The lowest BCUT2D eigenvalue weighted by atomic mass is 9.79. The molecule has 2 aliphatic heterocycles. The quantitative estimate of drug-likeness (QED) is 0.606. The van der Waals surface area contributed by atoms with Crippen molar-refractivity contribution in [1.29, 1.82) is 0 Å². The molecule has 0 amide bonds. The topological polar surface area (TPSA) is 87.0 Å². The first-order valence-electron chi connectivity index (χ1n) is 7.24. The summed E-state index contributed by atoms with van der Waals surface area (Å²) in [6.07, 6.45) is 7.96. The van der Waals surface area contributed by atoms with Crippen LogP contribution in [0.3, 0.4) is 0 Å². The maximum atomic E-state index is 6.20. The molecule has 4 unspecified atom stereocenters. The first kappa shape index (κ1) is 13.9. The SMILES string of the molecule is CC1CC(C)C2(CC#Cc3cnc(N)nc3N)C=CC1O2. The summed E-state index contributed by atoms with van der Waals surface area (Å²) in [6.45, 7) is 4.46. The Morgan fingerprint density at radius 3 is 3.00 bits per heavy atom. The molecule has 110 valence electrons. The number of fused-ring (bicyclic) bond motifs is 2. The van der Waals surface area contributed by atoms with Gasteiger partial charge in [-0.15, -0.1) is 0 Å². The van der Waals surface area contributed by atoms with Gasteiger partial charge in [-0.1, -0.05) is 37.8 Å². The Morgan fingerprint density at radius 1 is 1.43 bits per heavy atom. The van der Waals surface area contributed by atoms with Gasteiger partial charge in [-0.2, -0.15) is 4.98 Å². The average molecular weight is 284 g/mol. The highest BCUT2D eigenvalue weighted by molar-refractivity contribution is 5.51. The number of hydrogen-bond acceptors (Lipinski definition) is 5. The maximum Gasteiger partial charge on any atom is 0.221 e. The third-order valence-electron chi connectivity index (χ3n) is 4.47. The van der Waals surface area contributed by atoms with Crippen LogP contribution in [0.1, 0.15) is 32.3 Å². The predicted octanol–water partition coefficient (Wildman–Crippen LogP) is 1.75. The van der Waals surface area contributed by atoms with E-state index in [1.54, 1.807) is 6.20 Å². The Balaban J connectivity index is 1.77. The number of rotatable bonds is 1. The second-order valence-corrected chi connectivity index (χ2v) is 6.02. The van der Waals surface area contributed by atoms with E-state index >= 15 is 0 Å². The van der Waals surface area contributed by atoms with Crippen LogP contribution in [0.15, 0.2) is 18.3 Å². The molecule has 0 saturated carbocycles. The van der Waals surface area contributed by atoms with Crippen LogP contribution >= 0.6 is 0 Å². The highest BCUT2D eigenvalue weighted by atomic mass is 16.5. The van der Waals surface area contributed by atoms with Crippen molar-refractivity contribution in [2.45, 2.75) is 38.4 Å². The zero-order valence-corrected chi connectivity index (χ0v) is 12.3. The monoisotopic (exact) mass is 284 g/mol. The molecule has 1 saturated heterocycles. The van der Waals surface area contributed by atoms with Crippen molar-refractivity contribution in [3.05, 3.63) is 23.9 Å². The van der Waals surface area contributed by atoms with Gasteiger partial charge in [0.1, 0.15) is 11.4 Å². The third-order valence-corrected chi connectivity index (χ3v) is 4.47. The van der Waals surface area contributed by atoms with Crippen molar-refractivity contribution in [2.24, 2.45) is 11.8 Å². The van der Waals surface area contributed by atoms with E-state index in [-0.39, 0.29) is 17.7 Å². The summed E-state index contributed by atoms with van der Waals surface area (Å²) in [5.74, 6) is 7.70. The van der Waals surface area contributed by atoms with Gasteiger partial charge in [0.15, 0.2) is 0 Å². The normalized spacial score (nSPS) is 33.5. The van der Waals surface area contributed by atoms with Crippen LogP contribution in [0.2, 0.25) is 0 Å². The van der Waals surface area contributed by atoms with Gasteiger partial charge in [-0.05, 0) is 18.3 Å². The standard InChI is InChI=1S/C16H20N4O/c1-10-8-11(2)16(7-5-13(10)21-16)6-3-4-12-9-19-15(18)20-14(12)17/h5,7,9-11,13H,6,8H2,1-2H3,(H4,17,18,19,20). The van der Waals surface area contributed by atoms with Gasteiger partial charge in [0.05, 0.1) is 17.9 Å². The number of aromatic nitrogens is 2. The van der Waals surface area contributed by atoms with E-state index in [4.69, 9.17) is 16.2 Å². The fraction of sp³-hybridized carbons (Fsp3) is 0.500. The van der Waals surface area contributed by atoms with E-state index in [0.29, 0.717) is 29.6 Å². The molecule has 5 nitrogen and oxygen atoms in total. The minimum absolute atomic E-state index is 0.163. The highest BCUT2D eigenvalue weighted by Crippen LogP contribution is 2.44. The van der Waals surface area contributed by atoms with E-state index in [9.17, 15) is 0 Å². The predicted molar refractivity (Wildman–Crippen MR) is 82.0 cm³/mol. The zero-order chi connectivity index (χ0) is 15.0. The molecule has 1 aromatic rings. The molecule has 3 heterocycles. The van der Waals surface area contributed by atoms with Crippen LogP contribution in [-0.2, 0) is 4.74 Å². The molecular weight excluding hydrogens is 264 g/mol. The molecule has 0 aromatic carbocycles. The number of hydrogen-bond donors (Lipinski definition) is 2. The lowest BCUT2D eigenvalue weighted by molar-refractivity contribution is -0.114. The van der Waals surface area contributed by atoms with E-state index in [1.165, 1.54) is 0 Å². The Hall–Kier alpha value is -2.06. The lowest BCUT2D eigenvalue weighted by Crippen LogP contribution is -2.43. The number of nitrogen functional groups attached to an aromatic ring is 2. The number of nitrogens with two attached hydrogens (primary N) is 2. The van der Waals surface area contributed by atoms with Crippen LogP contribution in [0.4, 0.5) is 11.8 Å². The largest absolute Gasteiger partial charge is 0.382 e. The lowest BCUT2D eigenvalue weighted by Gasteiger charge is -2.41. The molecule has 0 aliphatic carbocycles. The van der Waals surface area contributed by atoms with Crippen molar-refractivity contribution in [3.8, 4) is 11.8 Å². The van der Waals surface area contributed by atoms with Gasteiger partial charge in [-0.3, -0.25) is 0 Å². The van der Waals surface area contributed by atoms with E-state index in [2.05, 4.69) is 47.8 Å². The summed E-state index contributed by atoms with van der Waals surface area (Å²) in [5.41, 5.74) is 11.6. The van der Waals surface area contributed by atoms with Gasteiger partial charge < -0.3 is 16.2 Å². The van der Waals surface area contributed by atoms with Crippen molar-refractivity contribution in [1.82, 2.24) is 9.97 Å². The van der Waals surface area contributed by atoms with Crippen LogP contribution in [0, 0.1) is 23.7 Å². The molecule has 21 heavy (non-hydrogen) atoms. The van der Waals surface area contributed by atoms with Crippen LogP contribution < -0.4 is 11.5 Å². The van der Waals surface area contributed by atoms with Crippen molar-refractivity contribution >= 4 is 11.8 Å². The Kier molecular flexibility index (Phi) is 3.34. The summed E-state index contributed by atoms with van der Waals surface area (Å²) in [7, 11) is 0.